The Morgan fingerprint density at radius 2 is 1.89 bits per heavy atom. The van der Waals surface area contributed by atoms with Gasteiger partial charge >= 0.3 is 5.97 Å². The average Bonchev–Trinajstić information content (AvgIpc) is 3.42. The van der Waals surface area contributed by atoms with Gasteiger partial charge in [-0.15, -0.1) is 21.5 Å². The number of hydrogen-bond donors (Lipinski definition) is 1. The minimum absolute atomic E-state index is 0.146. The first-order valence-corrected chi connectivity index (χ1v) is 13.9. The lowest BCUT2D eigenvalue weighted by atomic mass is 9.95. The number of thioether (sulfide) groups is 1. The monoisotopic (exact) mass is 528 g/mol. The third-order valence-corrected chi connectivity index (χ3v) is 8.25. The maximum absolute atomic E-state index is 12.8. The summed E-state index contributed by atoms with van der Waals surface area (Å²) in [6.45, 7) is 8.69. The number of ether oxygens (including phenoxy) is 2. The Hall–Kier alpha value is -2.85. The molecule has 10 heteroatoms. The van der Waals surface area contributed by atoms with Crippen molar-refractivity contribution < 1.29 is 19.1 Å². The fourth-order valence-corrected chi connectivity index (χ4v) is 6.63. The van der Waals surface area contributed by atoms with Gasteiger partial charge in [-0.25, -0.2) is 4.79 Å². The van der Waals surface area contributed by atoms with E-state index in [4.69, 9.17) is 9.47 Å². The molecule has 192 valence electrons. The first kappa shape index (κ1) is 26.2. The number of hydrogen-bond acceptors (Lipinski definition) is 8. The topological polar surface area (TPSA) is 95.3 Å². The Morgan fingerprint density at radius 1 is 1.17 bits per heavy atom. The number of fused-ring (bicyclic) bond motifs is 1. The van der Waals surface area contributed by atoms with E-state index in [0.29, 0.717) is 28.1 Å². The van der Waals surface area contributed by atoms with Gasteiger partial charge in [-0.05, 0) is 82.2 Å². The normalized spacial score (nSPS) is 13.7. The van der Waals surface area contributed by atoms with E-state index in [-0.39, 0.29) is 17.8 Å². The number of rotatable bonds is 9. The fraction of sp³-hybridized carbons (Fsp3) is 0.462. The summed E-state index contributed by atoms with van der Waals surface area (Å²) in [4.78, 5) is 26.5. The van der Waals surface area contributed by atoms with Crippen LogP contribution in [0.2, 0.25) is 0 Å². The molecule has 0 saturated carbocycles. The van der Waals surface area contributed by atoms with E-state index in [1.807, 2.05) is 44.4 Å². The first-order valence-electron chi connectivity index (χ1n) is 12.1. The summed E-state index contributed by atoms with van der Waals surface area (Å²) in [5, 5.41) is 12.8. The smallest absolute Gasteiger partial charge is 0.341 e. The maximum Gasteiger partial charge on any atom is 0.341 e. The van der Waals surface area contributed by atoms with E-state index in [1.54, 1.807) is 0 Å². The maximum atomic E-state index is 12.8. The second-order valence-electron chi connectivity index (χ2n) is 8.91. The SMILES string of the molecule is CCn1c(SCC(=O)Nc2sc3c(c2C(=O)OC)CCCC3)nnc1C(C)Oc1cc(C)cc(C)c1. The van der Waals surface area contributed by atoms with Crippen LogP contribution in [0.3, 0.4) is 0 Å². The molecule has 1 atom stereocenters. The number of benzene rings is 1. The van der Waals surface area contributed by atoms with Crippen LogP contribution in [0.15, 0.2) is 23.4 Å². The molecule has 0 fully saturated rings. The quantitative estimate of drug-likeness (QED) is 0.289. The summed E-state index contributed by atoms with van der Waals surface area (Å²) >= 11 is 2.80. The molecule has 1 N–H and O–H groups in total. The highest BCUT2D eigenvalue weighted by Gasteiger charge is 2.27. The van der Waals surface area contributed by atoms with Crippen molar-refractivity contribution in [1.29, 1.82) is 0 Å². The number of carbonyl (C=O) groups is 2. The Morgan fingerprint density at radius 3 is 2.58 bits per heavy atom. The molecule has 0 aliphatic heterocycles. The van der Waals surface area contributed by atoms with Crippen molar-refractivity contribution in [3.63, 3.8) is 0 Å². The molecule has 0 bridgehead atoms. The molecule has 8 nitrogen and oxygen atoms in total. The molecule has 0 saturated heterocycles. The van der Waals surface area contributed by atoms with Gasteiger partial charge < -0.3 is 19.4 Å². The number of thiophene rings is 1. The lowest BCUT2D eigenvalue weighted by Crippen LogP contribution is -2.17. The van der Waals surface area contributed by atoms with Gasteiger partial charge in [0.05, 0.1) is 18.4 Å². The van der Waals surface area contributed by atoms with Crippen LogP contribution in [0.5, 0.6) is 5.75 Å². The Balaban J connectivity index is 1.43. The molecule has 1 unspecified atom stereocenters. The third-order valence-electron chi connectivity index (χ3n) is 6.08. The number of nitrogens with zero attached hydrogens (tertiary/aromatic N) is 3. The van der Waals surface area contributed by atoms with Gasteiger partial charge in [0.2, 0.25) is 5.91 Å². The molecule has 1 aliphatic carbocycles. The molecule has 2 aromatic heterocycles. The largest absolute Gasteiger partial charge is 0.483 e. The highest BCUT2D eigenvalue weighted by molar-refractivity contribution is 7.99. The molecule has 1 aromatic carbocycles. The van der Waals surface area contributed by atoms with Gasteiger partial charge in [0.1, 0.15) is 10.8 Å². The van der Waals surface area contributed by atoms with Crippen LogP contribution >= 0.6 is 23.1 Å². The zero-order valence-electron chi connectivity index (χ0n) is 21.3. The summed E-state index contributed by atoms with van der Waals surface area (Å²) in [6.07, 6.45) is 3.60. The van der Waals surface area contributed by atoms with Crippen molar-refractivity contribution in [2.75, 3.05) is 18.2 Å². The Bertz CT molecular complexity index is 1250. The van der Waals surface area contributed by atoms with Gasteiger partial charge in [-0.1, -0.05) is 17.8 Å². The van der Waals surface area contributed by atoms with Crippen molar-refractivity contribution >= 4 is 40.0 Å². The van der Waals surface area contributed by atoms with E-state index < -0.39 is 5.97 Å². The summed E-state index contributed by atoms with van der Waals surface area (Å²) in [6, 6.07) is 6.10. The average molecular weight is 529 g/mol. The van der Waals surface area contributed by atoms with Crippen molar-refractivity contribution in [3.8, 4) is 5.75 Å². The zero-order chi connectivity index (χ0) is 25.8. The number of nitrogens with one attached hydrogen (secondary N) is 1. The minimum Gasteiger partial charge on any atom is -0.483 e. The lowest BCUT2D eigenvalue weighted by Gasteiger charge is -2.16. The van der Waals surface area contributed by atoms with Crippen LogP contribution in [0.25, 0.3) is 0 Å². The van der Waals surface area contributed by atoms with Crippen LogP contribution in [0, 0.1) is 13.8 Å². The number of aryl methyl sites for hydroxylation is 3. The van der Waals surface area contributed by atoms with E-state index in [9.17, 15) is 9.59 Å². The molecular weight excluding hydrogens is 496 g/mol. The highest BCUT2D eigenvalue weighted by Crippen LogP contribution is 2.38. The van der Waals surface area contributed by atoms with Gasteiger partial charge in [0, 0.05) is 11.4 Å². The Kier molecular flexibility index (Phi) is 8.35. The molecule has 0 spiro atoms. The van der Waals surface area contributed by atoms with E-state index >= 15 is 0 Å². The van der Waals surface area contributed by atoms with Crippen LogP contribution in [-0.4, -0.2) is 39.5 Å². The molecule has 2 heterocycles. The number of carbonyl (C=O) groups excluding carboxylic acids is 2. The number of anilines is 1. The van der Waals surface area contributed by atoms with Crippen molar-refractivity contribution in [3.05, 3.63) is 51.2 Å². The molecule has 36 heavy (non-hydrogen) atoms. The van der Waals surface area contributed by atoms with Crippen molar-refractivity contribution in [1.82, 2.24) is 14.8 Å². The summed E-state index contributed by atoms with van der Waals surface area (Å²) in [5.41, 5.74) is 3.80. The predicted octanol–water partition coefficient (Wildman–Crippen LogP) is 5.51. The first-order chi connectivity index (χ1) is 17.3. The fourth-order valence-electron chi connectivity index (χ4n) is 4.53. The highest BCUT2D eigenvalue weighted by atomic mass is 32.2. The second kappa shape index (κ2) is 11.5. The predicted molar refractivity (Wildman–Crippen MR) is 142 cm³/mol. The summed E-state index contributed by atoms with van der Waals surface area (Å²) in [7, 11) is 1.37. The van der Waals surface area contributed by atoms with E-state index in [2.05, 4.69) is 21.6 Å². The van der Waals surface area contributed by atoms with E-state index in [0.717, 1.165) is 53.0 Å². The Labute approximate surface area is 219 Å². The molecule has 3 aromatic rings. The van der Waals surface area contributed by atoms with Gasteiger partial charge in [-0.2, -0.15) is 0 Å². The third kappa shape index (κ3) is 5.75. The zero-order valence-corrected chi connectivity index (χ0v) is 23.0. The standard InChI is InChI=1S/C26H32N4O4S2/c1-6-30-23(17(4)34-18-12-15(2)11-16(3)13-18)28-29-26(30)35-14-21(31)27-24-22(25(32)33-5)19-9-7-8-10-20(19)36-24/h11-13,17H,6-10,14H2,1-5H3,(H,27,31). The minimum atomic E-state index is -0.398. The summed E-state index contributed by atoms with van der Waals surface area (Å²) < 4.78 is 13.1. The molecule has 4 rings (SSSR count). The number of esters is 1. The lowest BCUT2D eigenvalue weighted by molar-refractivity contribution is -0.113. The van der Waals surface area contributed by atoms with Crippen LogP contribution in [0.1, 0.15) is 70.5 Å². The van der Waals surface area contributed by atoms with Gasteiger partial charge in [0.15, 0.2) is 17.1 Å². The summed E-state index contributed by atoms with van der Waals surface area (Å²) in [5.74, 6) is 1.05. The van der Waals surface area contributed by atoms with Crippen molar-refractivity contribution in [2.24, 2.45) is 0 Å². The molecule has 1 amide bonds. The molecule has 1 aliphatic rings. The second-order valence-corrected chi connectivity index (χ2v) is 11.0. The molecular formula is C26H32N4O4S2. The number of amides is 1. The van der Waals surface area contributed by atoms with Gasteiger partial charge in [0.25, 0.3) is 0 Å². The van der Waals surface area contributed by atoms with Crippen LogP contribution < -0.4 is 10.1 Å². The van der Waals surface area contributed by atoms with Crippen LogP contribution in [-0.2, 0) is 28.9 Å². The number of methoxy groups -OCH3 is 1. The molecule has 0 radical (unpaired) electrons. The van der Waals surface area contributed by atoms with E-state index in [1.165, 1.54) is 30.2 Å². The van der Waals surface area contributed by atoms with Crippen molar-refractivity contribution in [2.45, 2.75) is 71.2 Å². The number of aromatic nitrogens is 3. The van der Waals surface area contributed by atoms with Gasteiger partial charge in [-0.3, -0.25) is 4.79 Å². The van der Waals surface area contributed by atoms with Crippen LogP contribution in [0.4, 0.5) is 5.00 Å².